The van der Waals surface area contributed by atoms with Crippen molar-refractivity contribution in [2.75, 3.05) is 13.1 Å². The molecule has 6 rings (SSSR count). The minimum atomic E-state index is -4.59. The monoisotopic (exact) mass is 538 g/mol. The number of imidazole rings is 1. The number of aryl methyl sites for hydroxylation is 1. The summed E-state index contributed by atoms with van der Waals surface area (Å²) < 4.78 is 47.1. The van der Waals surface area contributed by atoms with Crippen molar-refractivity contribution in [1.82, 2.24) is 28.6 Å². The second-order valence-electron chi connectivity index (χ2n) is 11.4. The molecule has 2 aliphatic rings. The summed E-state index contributed by atoms with van der Waals surface area (Å²) >= 11 is 0. The standard InChI is InChI=1S/C29H33F3N6O/c1-20-7-6-12-36(15-20)16-21-13-24(29(30,31)32)25-18-37(27(39)38(25)17-21)23-9-5-8-22(14-23)28(10-3-4-11-28)26-34-33-19-35(26)2/h5,8-9,13-14,17-20H,3-4,6-7,10-12,15-16H2,1-2H3/t20-/m0/s1. The summed E-state index contributed by atoms with van der Waals surface area (Å²) in [5.41, 5.74) is 0.229. The third-order valence-electron chi connectivity index (χ3n) is 8.55. The first kappa shape index (κ1) is 25.9. The van der Waals surface area contributed by atoms with Crippen LogP contribution in [0.3, 0.4) is 0 Å². The highest BCUT2D eigenvalue weighted by molar-refractivity contribution is 5.58. The minimum absolute atomic E-state index is 0.141. The van der Waals surface area contributed by atoms with Gasteiger partial charge in [0.05, 0.1) is 22.2 Å². The highest BCUT2D eigenvalue weighted by Gasteiger charge is 2.41. The predicted molar refractivity (Wildman–Crippen MR) is 142 cm³/mol. The van der Waals surface area contributed by atoms with Gasteiger partial charge in [0.1, 0.15) is 12.2 Å². The summed E-state index contributed by atoms with van der Waals surface area (Å²) in [7, 11) is 1.92. The Kier molecular flexibility index (Phi) is 6.40. The third-order valence-corrected chi connectivity index (χ3v) is 8.55. The number of benzene rings is 1. The van der Waals surface area contributed by atoms with Crippen LogP contribution in [0.25, 0.3) is 11.2 Å². The number of fused-ring (bicyclic) bond motifs is 1. The lowest BCUT2D eigenvalue weighted by atomic mass is 9.78. The zero-order valence-corrected chi connectivity index (χ0v) is 22.3. The number of nitrogens with zero attached hydrogens (tertiary/aromatic N) is 6. The lowest BCUT2D eigenvalue weighted by molar-refractivity contribution is -0.136. The minimum Gasteiger partial charge on any atom is -0.320 e. The van der Waals surface area contributed by atoms with Crippen LogP contribution in [0.15, 0.2) is 53.8 Å². The van der Waals surface area contributed by atoms with Gasteiger partial charge in [-0.25, -0.2) is 4.79 Å². The van der Waals surface area contributed by atoms with Crippen molar-refractivity contribution >= 4 is 5.52 Å². The Bertz CT molecular complexity index is 1560. The zero-order valence-electron chi connectivity index (χ0n) is 22.3. The number of aromatic nitrogens is 5. The van der Waals surface area contributed by atoms with Crippen LogP contribution in [0, 0.1) is 5.92 Å². The van der Waals surface area contributed by atoms with E-state index in [0.29, 0.717) is 23.7 Å². The molecule has 3 aromatic heterocycles. The predicted octanol–water partition coefficient (Wildman–Crippen LogP) is 5.33. The number of halogens is 3. The molecule has 10 heteroatoms. The molecule has 206 valence electrons. The number of rotatable bonds is 5. The second-order valence-corrected chi connectivity index (χ2v) is 11.4. The molecule has 0 radical (unpaired) electrons. The first-order valence-electron chi connectivity index (χ1n) is 13.7. The molecule has 0 unspecified atom stereocenters. The zero-order chi connectivity index (χ0) is 27.4. The number of pyridine rings is 1. The molecule has 4 aromatic rings. The van der Waals surface area contributed by atoms with Crippen LogP contribution in [-0.4, -0.2) is 41.7 Å². The van der Waals surface area contributed by atoms with Crippen LogP contribution in [-0.2, 0) is 25.2 Å². The van der Waals surface area contributed by atoms with Crippen molar-refractivity contribution in [1.29, 1.82) is 0 Å². The number of piperidine rings is 1. The van der Waals surface area contributed by atoms with Crippen molar-refractivity contribution in [3.8, 4) is 5.69 Å². The quantitative estimate of drug-likeness (QED) is 0.345. The molecule has 1 aliphatic carbocycles. The smallest absolute Gasteiger partial charge is 0.320 e. The van der Waals surface area contributed by atoms with Crippen molar-refractivity contribution in [2.45, 2.75) is 63.6 Å². The van der Waals surface area contributed by atoms with E-state index < -0.39 is 17.4 Å². The molecule has 1 saturated carbocycles. The topological polar surface area (TPSA) is 60.4 Å². The number of likely N-dealkylation sites (tertiary alicyclic amines) is 1. The molecule has 0 spiro atoms. The molecule has 2 fully saturated rings. The average molecular weight is 539 g/mol. The molecule has 7 nitrogen and oxygen atoms in total. The Morgan fingerprint density at radius 3 is 2.59 bits per heavy atom. The van der Waals surface area contributed by atoms with E-state index in [4.69, 9.17) is 0 Å². The van der Waals surface area contributed by atoms with Gasteiger partial charge >= 0.3 is 11.9 Å². The molecule has 1 aliphatic heterocycles. The van der Waals surface area contributed by atoms with E-state index in [1.54, 1.807) is 18.6 Å². The third kappa shape index (κ3) is 4.58. The van der Waals surface area contributed by atoms with Crippen molar-refractivity contribution in [3.63, 3.8) is 0 Å². The maximum Gasteiger partial charge on any atom is 0.418 e. The molecule has 1 aromatic carbocycles. The Balaban J connectivity index is 1.45. The van der Waals surface area contributed by atoms with Crippen LogP contribution in [0.5, 0.6) is 0 Å². The van der Waals surface area contributed by atoms with Gasteiger partial charge in [0.15, 0.2) is 0 Å². The lowest BCUT2D eigenvalue weighted by Crippen LogP contribution is -2.34. The van der Waals surface area contributed by atoms with E-state index in [2.05, 4.69) is 22.0 Å². The molecular weight excluding hydrogens is 505 g/mol. The van der Waals surface area contributed by atoms with Gasteiger partial charge in [0.2, 0.25) is 0 Å². The maximum atomic E-state index is 14.2. The van der Waals surface area contributed by atoms with Gasteiger partial charge in [-0.3, -0.25) is 13.9 Å². The van der Waals surface area contributed by atoms with Gasteiger partial charge in [0, 0.05) is 32.5 Å². The van der Waals surface area contributed by atoms with Gasteiger partial charge in [0.25, 0.3) is 0 Å². The summed E-state index contributed by atoms with van der Waals surface area (Å²) in [4.78, 5) is 15.8. The van der Waals surface area contributed by atoms with E-state index in [1.807, 2.05) is 29.8 Å². The molecule has 0 bridgehead atoms. The summed E-state index contributed by atoms with van der Waals surface area (Å²) in [5.74, 6) is 1.37. The Morgan fingerprint density at radius 1 is 1.10 bits per heavy atom. The van der Waals surface area contributed by atoms with Crippen molar-refractivity contribution in [3.05, 3.63) is 82.1 Å². The average Bonchev–Trinajstić information content (AvgIpc) is 3.63. The fourth-order valence-electron chi connectivity index (χ4n) is 6.72. The molecule has 1 saturated heterocycles. The highest BCUT2D eigenvalue weighted by atomic mass is 19.4. The van der Waals surface area contributed by atoms with E-state index in [9.17, 15) is 18.0 Å². The molecule has 0 amide bonds. The number of alkyl halides is 3. The van der Waals surface area contributed by atoms with Crippen LogP contribution < -0.4 is 5.69 Å². The molecular formula is C29H33F3N6O. The van der Waals surface area contributed by atoms with Gasteiger partial charge < -0.3 is 4.57 Å². The highest BCUT2D eigenvalue weighted by Crippen LogP contribution is 2.45. The van der Waals surface area contributed by atoms with Gasteiger partial charge in [-0.2, -0.15) is 13.2 Å². The Morgan fingerprint density at radius 2 is 1.90 bits per heavy atom. The summed E-state index contributed by atoms with van der Waals surface area (Å²) in [6, 6.07) is 8.78. The Hall–Kier alpha value is -3.40. The van der Waals surface area contributed by atoms with Crippen LogP contribution in [0.2, 0.25) is 0 Å². The van der Waals surface area contributed by atoms with Crippen LogP contribution >= 0.6 is 0 Å². The molecule has 39 heavy (non-hydrogen) atoms. The lowest BCUT2D eigenvalue weighted by Gasteiger charge is -2.31. The summed E-state index contributed by atoms with van der Waals surface area (Å²) in [6.45, 7) is 4.24. The first-order valence-corrected chi connectivity index (χ1v) is 13.7. The second kappa shape index (κ2) is 9.66. The first-order chi connectivity index (χ1) is 18.7. The fourth-order valence-corrected chi connectivity index (χ4v) is 6.72. The SMILES string of the molecule is C[C@H]1CCCN(Cc2cc(C(F)(F)F)c3cn(-c4cccc(C5(c6nncn6C)CCCC5)c4)c(=O)n3c2)C1. The van der Waals surface area contributed by atoms with Crippen molar-refractivity contribution in [2.24, 2.45) is 13.0 Å². The van der Waals surface area contributed by atoms with Crippen molar-refractivity contribution < 1.29 is 13.2 Å². The maximum absolute atomic E-state index is 14.2. The van der Waals surface area contributed by atoms with Gasteiger partial charge in [-0.05, 0) is 67.5 Å². The van der Waals surface area contributed by atoms with E-state index in [-0.39, 0.29) is 10.9 Å². The Labute approximate surface area is 224 Å². The van der Waals surface area contributed by atoms with E-state index >= 15 is 0 Å². The summed E-state index contributed by atoms with van der Waals surface area (Å²) in [6.07, 6.45) is 6.02. The molecule has 4 heterocycles. The van der Waals surface area contributed by atoms with E-state index in [1.165, 1.54) is 16.8 Å². The summed E-state index contributed by atoms with van der Waals surface area (Å²) in [5, 5.41) is 8.50. The van der Waals surface area contributed by atoms with Gasteiger partial charge in [-0.15, -0.1) is 10.2 Å². The van der Waals surface area contributed by atoms with Crippen LogP contribution in [0.1, 0.15) is 68.0 Å². The molecule has 1 atom stereocenters. The normalized spacial score (nSPS) is 20.2. The fraction of sp³-hybridized carbons (Fsp3) is 0.483. The van der Waals surface area contributed by atoms with E-state index in [0.717, 1.165) is 67.4 Å². The number of hydrogen-bond donors (Lipinski definition) is 0. The van der Waals surface area contributed by atoms with Gasteiger partial charge in [-0.1, -0.05) is 31.9 Å². The van der Waals surface area contributed by atoms with Crippen LogP contribution in [0.4, 0.5) is 13.2 Å². The largest absolute Gasteiger partial charge is 0.418 e. The molecule has 0 N–H and O–H groups in total. The number of hydrogen-bond acceptors (Lipinski definition) is 4.